The molecule has 0 unspecified atom stereocenters. The van der Waals surface area contributed by atoms with E-state index in [1.807, 2.05) is 18.3 Å². The molecule has 6 nitrogen and oxygen atoms in total. The summed E-state index contributed by atoms with van der Waals surface area (Å²) in [7, 11) is 0. The molecule has 4 heterocycles. The molecule has 2 aliphatic heterocycles. The standard InChI is InChI=1S/C30H34F4N4O2/c31-25-8-6-21(7-9-27(39)30(32,33)34)19-23(25)22-10-15-37(16-11-22)29(40)24-20-38(26-5-4-12-35-28(24)26)18-17-36-13-2-1-3-14-36/h4-6,8,12,19-20,22H,1-3,7,9-11,13-18H2. The Balaban J connectivity index is 1.24. The maximum absolute atomic E-state index is 14.7. The number of rotatable bonds is 8. The lowest BCUT2D eigenvalue weighted by Crippen LogP contribution is -2.38. The number of amides is 1. The van der Waals surface area contributed by atoms with Crippen molar-refractivity contribution in [2.45, 2.75) is 63.6 Å². The Hall–Kier alpha value is -3.27. The highest BCUT2D eigenvalue weighted by Crippen LogP contribution is 2.32. The van der Waals surface area contributed by atoms with Crippen molar-refractivity contribution in [3.05, 3.63) is 65.2 Å². The number of benzene rings is 1. The topological polar surface area (TPSA) is 58.4 Å². The number of nitrogens with zero attached hydrogens (tertiary/aromatic N) is 4. The molecule has 0 radical (unpaired) electrons. The molecule has 40 heavy (non-hydrogen) atoms. The number of hydrogen-bond acceptors (Lipinski definition) is 4. The van der Waals surface area contributed by atoms with Crippen molar-refractivity contribution in [3.63, 3.8) is 0 Å². The number of halogens is 4. The number of hydrogen-bond donors (Lipinski definition) is 0. The fourth-order valence-electron chi connectivity index (χ4n) is 5.92. The summed E-state index contributed by atoms with van der Waals surface area (Å²) < 4.78 is 54.5. The van der Waals surface area contributed by atoms with Gasteiger partial charge in [-0.1, -0.05) is 18.6 Å². The lowest BCUT2D eigenvalue weighted by atomic mass is 9.87. The zero-order chi connectivity index (χ0) is 28.3. The molecule has 0 spiro atoms. The monoisotopic (exact) mass is 558 g/mol. The molecule has 2 aliphatic rings. The second-order valence-corrected chi connectivity index (χ2v) is 10.9. The maximum atomic E-state index is 14.7. The number of fused-ring (bicyclic) bond motifs is 1. The van der Waals surface area contributed by atoms with Gasteiger partial charge in [0.1, 0.15) is 11.3 Å². The lowest BCUT2D eigenvalue weighted by Gasteiger charge is -2.32. The van der Waals surface area contributed by atoms with Crippen LogP contribution in [0.15, 0.2) is 42.7 Å². The Labute approximate surface area is 231 Å². The van der Waals surface area contributed by atoms with E-state index in [2.05, 4.69) is 14.5 Å². The van der Waals surface area contributed by atoms with E-state index in [4.69, 9.17) is 0 Å². The molecular formula is C30H34F4N4O2. The van der Waals surface area contributed by atoms with Crippen molar-refractivity contribution in [2.75, 3.05) is 32.7 Å². The van der Waals surface area contributed by atoms with Crippen molar-refractivity contribution in [3.8, 4) is 0 Å². The molecule has 0 saturated carbocycles. The molecule has 5 rings (SSSR count). The van der Waals surface area contributed by atoms with E-state index in [0.29, 0.717) is 48.1 Å². The highest BCUT2D eigenvalue weighted by molar-refractivity contribution is 6.05. The summed E-state index contributed by atoms with van der Waals surface area (Å²) in [6, 6.07) is 8.11. The average molecular weight is 559 g/mol. The number of piperidine rings is 2. The van der Waals surface area contributed by atoms with E-state index in [9.17, 15) is 27.2 Å². The van der Waals surface area contributed by atoms with Gasteiger partial charge in [0.25, 0.3) is 5.91 Å². The number of aryl methyl sites for hydroxylation is 1. The normalized spacial score (nSPS) is 17.4. The van der Waals surface area contributed by atoms with E-state index >= 15 is 0 Å². The Morgan fingerprint density at radius 1 is 0.975 bits per heavy atom. The highest BCUT2D eigenvalue weighted by atomic mass is 19.4. The summed E-state index contributed by atoms with van der Waals surface area (Å²) in [6.07, 6.45) is 2.77. The fraction of sp³-hybridized carbons (Fsp3) is 0.500. The van der Waals surface area contributed by atoms with Gasteiger partial charge in [0.15, 0.2) is 0 Å². The van der Waals surface area contributed by atoms with Crippen molar-refractivity contribution in [2.24, 2.45) is 0 Å². The van der Waals surface area contributed by atoms with Gasteiger partial charge >= 0.3 is 6.18 Å². The van der Waals surface area contributed by atoms with Crippen LogP contribution in [0.1, 0.15) is 65.9 Å². The van der Waals surface area contributed by atoms with Gasteiger partial charge in [-0.15, -0.1) is 0 Å². The Kier molecular flexibility index (Phi) is 8.54. The van der Waals surface area contributed by atoms with Gasteiger partial charge in [-0.05, 0) is 80.4 Å². The predicted molar refractivity (Wildman–Crippen MR) is 144 cm³/mol. The molecule has 0 aliphatic carbocycles. The van der Waals surface area contributed by atoms with Gasteiger partial charge in [-0.25, -0.2) is 4.39 Å². The zero-order valence-electron chi connectivity index (χ0n) is 22.4. The number of carbonyl (C=O) groups excluding carboxylic acids is 2. The zero-order valence-corrected chi connectivity index (χ0v) is 22.4. The number of Topliss-reactive ketones (excluding diaryl/α,β-unsaturated/α-hetero) is 1. The quantitative estimate of drug-likeness (QED) is 0.331. The van der Waals surface area contributed by atoms with Crippen molar-refractivity contribution in [1.82, 2.24) is 19.4 Å². The highest BCUT2D eigenvalue weighted by Gasteiger charge is 2.37. The average Bonchev–Trinajstić information content (AvgIpc) is 3.34. The molecule has 0 bridgehead atoms. The maximum Gasteiger partial charge on any atom is 0.449 e. The summed E-state index contributed by atoms with van der Waals surface area (Å²) in [5.41, 5.74) is 3.10. The first kappa shape index (κ1) is 28.3. The lowest BCUT2D eigenvalue weighted by molar-refractivity contribution is -0.171. The third-order valence-corrected chi connectivity index (χ3v) is 8.21. The Morgan fingerprint density at radius 3 is 2.45 bits per heavy atom. The largest absolute Gasteiger partial charge is 0.449 e. The summed E-state index contributed by atoms with van der Waals surface area (Å²) in [5.74, 6) is -2.46. The van der Waals surface area contributed by atoms with Crippen LogP contribution in [0, 0.1) is 5.82 Å². The van der Waals surface area contributed by atoms with E-state index < -0.39 is 24.2 Å². The van der Waals surface area contributed by atoms with Crippen molar-refractivity contribution in [1.29, 1.82) is 0 Å². The van der Waals surface area contributed by atoms with Crippen LogP contribution in [0.25, 0.3) is 11.0 Å². The van der Waals surface area contributed by atoms with E-state index in [0.717, 1.165) is 31.7 Å². The molecule has 3 aromatic rings. The van der Waals surface area contributed by atoms with Gasteiger partial charge in [0.05, 0.1) is 11.1 Å². The summed E-state index contributed by atoms with van der Waals surface area (Å²) >= 11 is 0. The van der Waals surface area contributed by atoms with E-state index in [-0.39, 0.29) is 18.2 Å². The minimum absolute atomic E-state index is 0.0984. The molecule has 214 valence electrons. The minimum atomic E-state index is -4.86. The first-order chi connectivity index (χ1) is 19.2. The molecule has 2 aromatic heterocycles. The molecular weight excluding hydrogens is 524 g/mol. The smallest absolute Gasteiger partial charge is 0.344 e. The third-order valence-electron chi connectivity index (χ3n) is 8.21. The Bertz CT molecular complexity index is 1360. The number of ketones is 1. The predicted octanol–water partition coefficient (Wildman–Crippen LogP) is 5.75. The van der Waals surface area contributed by atoms with E-state index in [1.54, 1.807) is 17.2 Å². The van der Waals surface area contributed by atoms with Crippen LogP contribution in [-0.2, 0) is 17.8 Å². The van der Waals surface area contributed by atoms with E-state index in [1.165, 1.54) is 31.4 Å². The molecule has 1 aromatic carbocycles. The number of aromatic nitrogens is 2. The van der Waals surface area contributed by atoms with Crippen LogP contribution in [0.5, 0.6) is 0 Å². The summed E-state index contributed by atoms with van der Waals surface area (Å²) in [4.78, 5) is 33.6. The molecule has 2 fully saturated rings. The molecule has 10 heteroatoms. The fourth-order valence-corrected chi connectivity index (χ4v) is 5.92. The molecule has 0 atom stereocenters. The van der Waals surface area contributed by atoms with Crippen LogP contribution < -0.4 is 0 Å². The number of pyridine rings is 1. The SMILES string of the molecule is O=C(c1cn(CCN2CCCCC2)c2cccnc12)N1CCC(c2cc(CCC(=O)C(F)(F)F)ccc2F)CC1. The van der Waals surface area contributed by atoms with Crippen molar-refractivity contribution < 1.29 is 27.2 Å². The van der Waals surface area contributed by atoms with Crippen LogP contribution in [0.3, 0.4) is 0 Å². The van der Waals surface area contributed by atoms with Crippen LogP contribution >= 0.6 is 0 Å². The van der Waals surface area contributed by atoms with Gasteiger partial charge in [-0.3, -0.25) is 14.6 Å². The number of carbonyl (C=O) groups is 2. The van der Waals surface area contributed by atoms with Gasteiger partial charge in [0.2, 0.25) is 5.78 Å². The second kappa shape index (κ2) is 12.1. The van der Waals surface area contributed by atoms with Crippen LogP contribution in [0.4, 0.5) is 17.6 Å². The van der Waals surface area contributed by atoms with Crippen LogP contribution in [0.2, 0.25) is 0 Å². The first-order valence-corrected chi connectivity index (χ1v) is 14.0. The van der Waals surface area contributed by atoms with Gasteiger partial charge < -0.3 is 14.4 Å². The van der Waals surface area contributed by atoms with Crippen molar-refractivity contribution >= 4 is 22.7 Å². The molecule has 2 saturated heterocycles. The van der Waals surface area contributed by atoms with Gasteiger partial charge in [0, 0.05) is 45.0 Å². The van der Waals surface area contributed by atoms with Crippen LogP contribution in [-0.4, -0.2) is 69.9 Å². The molecule has 0 N–H and O–H groups in total. The van der Waals surface area contributed by atoms with Gasteiger partial charge in [-0.2, -0.15) is 13.2 Å². The number of alkyl halides is 3. The first-order valence-electron chi connectivity index (χ1n) is 14.0. The second-order valence-electron chi connectivity index (χ2n) is 10.9. The third kappa shape index (κ3) is 6.37. The Morgan fingerprint density at radius 2 is 1.73 bits per heavy atom. The number of likely N-dealkylation sites (tertiary alicyclic amines) is 2. The summed E-state index contributed by atoms with van der Waals surface area (Å²) in [5, 5.41) is 0. The summed E-state index contributed by atoms with van der Waals surface area (Å²) in [6.45, 7) is 4.79. The molecule has 1 amide bonds. The minimum Gasteiger partial charge on any atom is -0.344 e.